The lowest BCUT2D eigenvalue weighted by molar-refractivity contribution is -0.168. The molecule has 5 rings (SSSR count). The lowest BCUT2D eigenvalue weighted by Crippen LogP contribution is -2.74. The molecule has 8 heteroatoms. The Morgan fingerprint density at radius 3 is 2.87 bits per heavy atom. The summed E-state index contributed by atoms with van der Waals surface area (Å²) >= 11 is 0. The van der Waals surface area contributed by atoms with Crippen LogP contribution >= 0.6 is 0 Å². The molecule has 0 amide bonds. The molecule has 1 aromatic carbocycles. The number of carbonyl (C=O) groups is 2. The number of piperidine rings is 1. The summed E-state index contributed by atoms with van der Waals surface area (Å²) in [5.74, 6) is -0.561. The number of ether oxygens (including phenoxy) is 3. The number of hydrogen-bond acceptors (Lipinski definition) is 7. The molecule has 1 spiro atoms. The van der Waals surface area contributed by atoms with Gasteiger partial charge in [0.2, 0.25) is 0 Å². The van der Waals surface area contributed by atoms with Crippen LogP contribution in [0.5, 0.6) is 11.5 Å². The number of rotatable bonds is 4. The number of methoxy groups -OCH3 is 1. The maximum Gasteiger partial charge on any atom is 0.336 e. The van der Waals surface area contributed by atoms with E-state index in [4.69, 9.17) is 19.3 Å². The van der Waals surface area contributed by atoms with Crippen LogP contribution in [0, 0.1) is 0 Å². The third-order valence-corrected chi connectivity index (χ3v) is 7.14. The number of likely N-dealkylation sites (N-methyl/N-ethyl adjacent to an activating group) is 1. The molecule has 2 aliphatic carbocycles. The Morgan fingerprint density at radius 1 is 1.33 bits per heavy atom. The summed E-state index contributed by atoms with van der Waals surface area (Å²) in [5, 5.41) is 20.8. The lowest BCUT2D eigenvalue weighted by Gasteiger charge is -2.61. The standard InChI is InChI=1S/C22H23NO7/c1-23-10-9-21-18-12-3-4-13(28-2)19(18)30-20(21)14(29-17(26)6-5-16(24)25)7-8-22(21,27)15(23)11-12/h3-7,15,20,27H,8-11H2,1-2H3,(H,24,25)/b6-5+/t15-,20-,21-,22+/m0/s1. The summed E-state index contributed by atoms with van der Waals surface area (Å²) in [4.78, 5) is 25.1. The fourth-order valence-corrected chi connectivity index (χ4v) is 5.88. The van der Waals surface area contributed by atoms with E-state index in [1.165, 1.54) is 0 Å². The van der Waals surface area contributed by atoms with Crippen LogP contribution in [0.3, 0.4) is 0 Å². The zero-order valence-corrected chi connectivity index (χ0v) is 16.8. The van der Waals surface area contributed by atoms with Crippen molar-refractivity contribution in [2.75, 3.05) is 20.7 Å². The highest BCUT2D eigenvalue weighted by Crippen LogP contribution is 2.65. The van der Waals surface area contributed by atoms with Gasteiger partial charge in [0.25, 0.3) is 0 Å². The van der Waals surface area contributed by atoms with Crippen LogP contribution in [0.25, 0.3) is 0 Å². The summed E-state index contributed by atoms with van der Waals surface area (Å²) in [6, 6.07) is 3.80. The molecule has 1 fully saturated rings. The number of nitrogens with zero attached hydrogens (tertiary/aromatic N) is 1. The highest BCUT2D eigenvalue weighted by Gasteiger charge is 2.72. The lowest BCUT2D eigenvalue weighted by atomic mass is 9.50. The van der Waals surface area contributed by atoms with Crippen LogP contribution in [0.1, 0.15) is 24.0 Å². The molecular weight excluding hydrogens is 390 g/mol. The van der Waals surface area contributed by atoms with E-state index in [0.29, 0.717) is 36.5 Å². The first-order chi connectivity index (χ1) is 14.3. The van der Waals surface area contributed by atoms with Gasteiger partial charge in [-0.05, 0) is 44.1 Å². The van der Waals surface area contributed by atoms with Gasteiger partial charge in [0.15, 0.2) is 17.6 Å². The Kier molecular flexibility index (Phi) is 4.04. The predicted molar refractivity (Wildman–Crippen MR) is 104 cm³/mol. The predicted octanol–water partition coefficient (Wildman–Crippen LogP) is 1.16. The molecule has 0 aromatic heterocycles. The second-order valence-corrected chi connectivity index (χ2v) is 8.38. The number of aliphatic hydroxyl groups is 1. The monoisotopic (exact) mass is 413 g/mol. The molecule has 0 unspecified atom stereocenters. The fourth-order valence-electron chi connectivity index (χ4n) is 5.88. The van der Waals surface area contributed by atoms with Crippen molar-refractivity contribution in [1.82, 2.24) is 4.90 Å². The van der Waals surface area contributed by atoms with Crippen molar-refractivity contribution in [2.45, 2.75) is 42.4 Å². The minimum Gasteiger partial charge on any atom is -0.493 e. The highest BCUT2D eigenvalue weighted by atomic mass is 16.6. The van der Waals surface area contributed by atoms with E-state index in [1.807, 2.05) is 19.2 Å². The van der Waals surface area contributed by atoms with E-state index in [9.17, 15) is 14.7 Å². The molecule has 8 nitrogen and oxygen atoms in total. The van der Waals surface area contributed by atoms with Crippen LogP contribution in [0.15, 0.2) is 36.1 Å². The summed E-state index contributed by atoms with van der Waals surface area (Å²) in [6.07, 6.45) is 4.25. The summed E-state index contributed by atoms with van der Waals surface area (Å²) < 4.78 is 17.4. The number of carboxylic acid groups (broad SMARTS) is 1. The van der Waals surface area contributed by atoms with Crippen molar-refractivity contribution in [3.8, 4) is 11.5 Å². The third-order valence-electron chi connectivity index (χ3n) is 7.14. The number of carbonyl (C=O) groups excluding carboxylic acids is 1. The molecule has 2 aliphatic heterocycles. The zero-order chi connectivity index (χ0) is 21.3. The molecular formula is C22H23NO7. The van der Waals surface area contributed by atoms with Gasteiger partial charge in [-0.1, -0.05) is 6.07 Å². The third kappa shape index (κ3) is 2.29. The van der Waals surface area contributed by atoms with E-state index in [0.717, 1.165) is 29.8 Å². The van der Waals surface area contributed by atoms with Crippen LogP contribution < -0.4 is 9.47 Å². The summed E-state index contributed by atoms with van der Waals surface area (Å²) in [5.41, 5.74) is 0.208. The Hall–Kier alpha value is -2.84. The van der Waals surface area contributed by atoms with Crippen molar-refractivity contribution in [3.05, 3.63) is 47.2 Å². The maximum atomic E-state index is 12.2. The molecule has 2 heterocycles. The maximum absolute atomic E-state index is 12.2. The summed E-state index contributed by atoms with van der Waals surface area (Å²) in [6.45, 7) is 0.767. The van der Waals surface area contributed by atoms with Gasteiger partial charge < -0.3 is 29.3 Å². The second-order valence-electron chi connectivity index (χ2n) is 8.38. The Bertz CT molecular complexity index is 1010. The SMILES string of the molecule is COc1ccc2c3c1O[C@H]1C(OC(=O)/C=C/C(=O)O)=CC[C@@]4(O)[C@H](C2)N(C)CC[C@]314. The van der Waals surface area contributed by atoms with Gasteiger partial charge in [0.05, 0.1) is 18.1 Å². The first-order valence-electron chi connectivity index (χ1n) is 9.94. The van der Waals surface area contributed by atoms with Gasteiger partial charge >= 0.3 is 11.9 Å². The largest absolute Gasteiger partial charge is 0.493 e. The molecule has 4 aliphatic rings. The Labute approximate surface area is 173 Å². The average Bonchev–Trinajstić information content (AvgIpc) is 3.06. The van der Waals surface area contributed by atoms with E-state index in [1.54, 1.807) is 13.2 Å². The van der Waals surface area contributed by atoms with Gasteiger partial charge in [-0.2, -0.15) is 0 Å². The van der Waals surface area contributed by atoms with E-state index in [2.05, 4.69) is 4.90 Å². The number of aliphatic carboxylic acids is 1. The Morgan fingerprint density at radius 2 is 2.13 bits per heavy atom. The molecule has 4 atom stereocenters. The van der Waals surface area contributed by atoms with Crippen molar-refractivity contribution in [2.24, 2.45) is 0 Å². The minimum atomic E-state index is -1.23. The van der Waals surface area contributed by atoms with Crippen LogP contribution in [0.2, 0.25) is 0 Å². The number of hydrogen-bond donors (Lipinski definition) is 2. The van der Waals surface area contributed by atoms with E-state index in [-0.39, 0.29) is 6.04 Å². The first-order valence-corrected chi connectivity index (χ1v) is 9.94. The van der Waals surface area contributed by atoms with Gasteiger partial charge in [0.1, 0.15) is 5.76 Å². The number of benzene rings is 1. The topological polar surface area (TPSA) is 106 Å². The van der Waals surface area contributed by atoms with Gasteiger partial charge in [-0.25, -0.2) is 9.59 Å². The van der Waals surface area contributed by atoms with Crippen molar-refractivity contribution in [1.29, 1.82) is 0 Å². The normalized spacial score (nSPS) is 33.5. The fraction of sp³-hybridized carbons (Fsp3) is 0.455. The van der Waals surface area contributed by atoms with E-state index >= 15 is 0 Å². The molecule has 0 radical (unpaired) electrons. The van der Waals surface area contributed by atoms with Crippen molar-refractivity contribution < 1.29 is 34.0 Å². The molecule has 1 aromatic rings. The second kappa shape index (κ2) is 6.33. The molecule has 2 bridgehead atoms. The van der Waals surface area contributed by atoms with Crippen LogP contribution in [0.4, 0.5) is 0 Å². The quantitative estimate of drug-likeness (QED) is 0.560. The molecule has 30 heavy (non-hydrogen) atoms. The number of esters is 1. The molecule has 2 N–H and O–H groups in total. The Balaban J connectivity index is 1.64. The van der Waals surface area contributed by atoms with Gasteiger partial charge in [0, 0.05) is 30.2 Å². The number of likely N-dealkylation sites (tertiary alicyclic amines) is 1. The molecule has 158 valence electrons. The average molecular weight is 413 g/mol. The zero-order valence-electron chi connectivity index (χ0n) is 16.8. The van der Waals surface area contributed by atoms with Crippen molar-refractivity contribution in [3.63, 3.8) is 0 Å². The highest BCUT2D eigenvalue weighted by molar-refractivity contribution is 5.91. The van der Waals surface area contributed by atoms with Crippen LogP contribution in [-0.2, 0) is 26.2 Å². The van der Waals surface area contributed by atoms with Crippen LogP contribution in [-0.4, -0.2) is 65.5 Å². The molecule has 1 saturated heterocycles. The number of carboxylic acids is 1. The minimum absolute atomic E-state index is 0.0930. The van der Waals surface area contributed by atoms with E-state index < -0.39 is 29.1 Å². The first kappa shape index (κ1) is 19.1. The summed E-state index contributed by atoms with van der Waals surface area (Å²) in [7, 11) is 3.59. The smallest absolute Gasteiger partial charge is 0.336 e. The van der Waals surface area contributed by atoms with Crippen molar-refractivity contribution >= 4 is 11.9 Å². The molecule has 0 saturated carbocycles. The van der Waals surface area contributed by atoms with Gasteiger partial charge in [-0.3, -0.25) is 0 Å². The van der Waals surface area contributed by atoms with Gasteiger partial charge in [-0.15, -0.1) is 0 Å².